The molecule has 3 nitrogen and oxygen atoms in total. The van der Waals surface area contributed by atoms with Gasteiger partial charge in [0.1, 0.15) is 0 Å². The molecule has 2 N–H and O–H groups in total. The molecule has 104 valence electrons. The molecule has 0 amide bonds. The van der Waals surface area contributed by atoms with Crippen molar-refractivity contribution in [2.24, 2.45) is 0 Å². The van der Waals surface area contributed by atoms with Gasteiger partial charge in [0.05, 0.1) is 0 Å². The van der Waals surface area contributed by atoms with Crippen molar-refractivity contribution >= 4 is 5.69 Å². The Morgan fingerprint density at radius 3 is 2.58 bits per heavy atom. The van der Waals surface area contributed by atoms with Gasteiger partial charge in [0, 0.05) is 24.8 Å². The summed E-state index contributed by atoms with van der Waals surface area (Å²) in [7, 11) is 0. The molecule has 3 rings (SSSR count). The molecule has 19 heavy (non-hydrogen) atoms. The van der Waals surface area contributed by atoms with Crippen LogP contribution < -0.4 is 10.6 Å². The van der Waals surface area contributed by atoms with Gasteiger partial charge in [-0.25, -0.2) is 0 Å². The summed E-state index contributed by atoms with van der Waals surface area (Å²) in [5.74, 6) is 0. The van der Waals surface area contributed by atoms with E-state index in [9.17, 15) is 0 Å². The zero-order valence-corrected chi connectivity index (χ0v) is 11.7. The van der Waals surface area contributed by atoms with Crippen LogP contribution in [-0.4, -0.2) is 37.1 Å². The average molecular weight is 259 g/mol. The van der Waals surface area contributed by atoms with Crippen LogP contribution in [0.1, 0.15) is 31.2 Å². The Labute approximate surface area is 116 Å². The van der Waals surface area contributed by atoms with E-state index < -0.39 is 0 Å². The molecule has 0 saturated carbocycles. The predicted octanol–water partition coefficient (Wildman–Crippen LogP) is 2.45. The van der Waals surface area contributed by atoms with Gasteiger partial charge in [0.25, 0.3) is 0 Å². The Morgan fingerprint density at radius 2 is 1.89 bits per heavy atom. The topological polar surface area (TPSA) is 27.3 Å². The fraction of sp³-hybridized carbons (Fsp3) is 0.625. The third-order valence-electron chi connectivity index (χ3n) is 4.27. The summed E-state index contributed by atoms with van der Waals surface area (Å²) in [6, 6.07) is 9.64. The van der Waals surface area contributed by atoms with Gasteiger partial charge < -0.3 is 10.6 Å². The Balaban J connectivity index is 1.47. The minimum atomic E-state index is 0.657. The molecule has 0 bridgehead atoms. The van der Waals surface area contributed by atoms with Crippen LogP contribution in [0.25, 0.3) is 0 Å². The van der Waals surface area contributed by atoms with Gasteiger partial charge in [-0.15, -0.1) is 0 Å². The smallest absolute Gasteiger partial charge is 0.0340 e. The molecule has 1 atom stereocenters. The van der Waals surface area contributed by atoms with Crippen molar-refractivity contribution in [1.29, 1.82) is 0 Å². The van der Waals surface area contributed by atoms with Gasteiger partial charge in [-0.2, -0.15) is 0 Å². The van der Waals surface area contributed by atoms with Crippen molar-refractivity contribution in [3.63, 3.8) is 0 Å². The van der Waals surface area contributed by atoms with E-state index in [2.05, 4.69) is 39.8 Å². The van der Waals surface area contributed by atoms with E-state index in [0.29, 0.717) is 6.04 Å². The highest BCUT2D eigenvalue weighted by Crippen LogP contribution is 2.15. The van der Waals surface area contributed by atoms with Crippen LogP contribution in [0.15, 0.2) is 24.3 Å². The highest BCUT2D eigenvalue weighted by atomic mass is 15.1. The molecule has 2 fully saturated rings. The third kappa shape index (κ3) is 3.71. The number of nitrogens with zero attached hydrogens (tertiary/aromatic N) is 1. The summed E-state index contributed by atoms with van der Waals surface area (Å²) in [5, 5.41) is 7.05. The molecule has 2 aliphatic heterocycles. The molecule has 2 aliphatic rings. The standard InChI is InChI=1S/C16H25N3/c1-2-11-19(10-1)13-14-5-7-15(8-6-14)18-12-16-4-3-9-17-16/h5-8,16-18H,1-4,9-13H2. The predicted molar refractivity (Wildman–Crippen MR) is 80.5 cm³/mol. The van der Waals surface area contributed by atoms with E-state index in [1.165, 1.54) is 56.6 Å². The summed E-state index contributed by atoms with van der Waals surface area (Å²) in [6.07, 6.45) is 5.36. The molecule has 1 aromatic carbocycles. The van der Waals surface area contributed by atoms with Crippen LogP contribution in [0.5, 0.6) is 0 Å². The third-order valence-corrected chi connectivity index (χ3v) is 4.27. The molecule has 1 aromatic rings. The Bertz CT molecular complexity index is 375. The lowest BCUT2D eigenvalue weighted by atomic mass is 10.2. The monoisotopic (exact) mass is 259 g/mol. The molecule has 1 unspecified atom stereocenters. The van der Waals surface area contributed by atoms with Crippen molar-refractivity contribution < 1.29 is 0 Å². The summed E-state index contributed by atoms with van der Waals surface area (Å²) in [4.78, 5) is 2.55. The number of anilines is 1. The first kappa shape index (κ1) is 12.9. The summed E-state index contributed by atoms with van der Waals surface area (Å²) in [6.45, 7) is 5.89. The number of benzene rings is 1. The maximum absolute atomic E-state index is 3.53. The molecule has 0 aromatic heterocycles. The van der Waals surface area contributed by atoms with E-state index in [0.717, 1.165) is 13.1 Å². The summed E-state index contributed by atoms with van der Waals surface area (Å²) >= 11 is 0. The maximum Gasteiger partial charge on any atom is 0.0340 e. The fourth-order valence-electron chi connectivity index (χ4n) is 3.10. The Morgan fingerprint density at radius 1 is 1.11 bits per heavy atom. The van der Waals surface area contributed by atoms with Gasteiger partial charge in [-0.05, 0) is 63.0 Å². The van der Waals surface area contributed by atoms with Crippen LogP contribution in [0.2, 0.25) is 0 Å². The van der Waals surface area contributed by atoms with E-state index >= 15 is 0 Å². The number of rotatable bonds is 5. The molecule has 0 radical (unpaired) electrons. The van der Waals surface area contributed by atoms with E-state index in [-0.39, 0.29) is 0 Å². The lowest BCUT2D eigenvalue weighted by Crippen LogP contribution is -2.29. The first-order valence-electron chi connectivity index (χ1n) is 7.69. The second-order valence-electron chi connectivity index (χ2n) is 5.85. The first-order chi connectivity index (χ1) is 9.40. The lowest BCUT2D eigenvalue weighted by molar-refractivity contribution is 0.331. The highest BCUT2D eigenvalue weighted by molar-refractivity contribution is 5.44. The molecular weight excluding hydrogens is 234 g/mol. The van der Waals surface area contributed by atoms with Gasteiger partial charge in [0.2, 0.25) is 0 Å². The number of hydrogen-bond acceptors (Lipinski definition) is 3. The summed E-state index contributed by atoms with van der Waals surface area (Å²) in [5.41, 5.74) is 2.69. The normalized spacial score (nSPS) is 23.9. The van der Waals surface area contributed by atoms with Crippen molar-refractivity contribution in [2.45, 2.75) is 38.3 Å². The molecule has 0 aliphatic carbocycles. The lowest BCUT2D eigenvalue weighted by Gasteiger charge is -2.16. The minimum absolute atomic E-state index is 0.657. The fourth-order valence-corrected chi connectivity index (χ4v) is 3.10. The number of hydrogen-bond donors (Lipinski definition) is 2. The quantitative estimate of drug-likeness (QED) is 0.850. The molecule has 3 heteroatoms. The van der Waals surface area contributed by atoms with Crippen molar-refractivity contribution in [3.8, 4) is 0 Å². The van der Waals surface area contributed by atoms with E-state index in [1.54, 1.807) is 0 Å². The number of nitrogens with one attached hydrogen (secondary N) is 2. The van der Waals surface area contributed by atoms with Crippen LogP contribution in [0.3, 0.4) is 0 Å². The average Bonchev–Trinajstić information content (AvgIpc) is 3.11. The van der Waals surface area contributed by atoms with Crippen LogP contribution in [0.4, 0.5) is 5.69 Å². The summed E-state index contributed by atoms with van der Waals surface area (Å²) < 4.78 is 0. The zero-order chi connectivity index (χ0) is 12.9. The maximum atomic E-state index is 3.53. The van der Waals surface area contributed by atoms with E-state index in [1.807, 2.05) is 0 Å². The molecule has 2 saturated heterocycles. The van der Waals surface area contributed by atoms with Gasteiger partial charge in [-0.3, -0.25) is 4.90 Å². The van der Waals surface area contributed by atoms with E-state index in [4.69, 9.17) is 0 Å². The second kappa shape index (κ2) is 6.40. The van der Waals surface area contributed by atoms with Crippen molar-refractivity contribution in [3.05, 3.63) is 29.8 Å². The molecule has 0 spiro atoms. The second-order valence-corrected chi connectivity index (χ2v) is 5.85. The zero-order valence-electron chi connectivity index (χ0n) is 11.7. The molecule has 2 heterocycles. The minimum Gasteiger partial charge on any atom is -0.383 e. The van der Waals surface area contributed by atoms with Gasteiger partial charge in [-0.1, -0.05) is 12.1 Å². The van der Waals surface area contributed by atoms with Crippen molar-refractivity contribution in [1.82, 2.24) is 10.2 Å². The van der Waals surface area contributed by atoms with Gasteiger partial charge >= 0.3 is 0 Å². The Kier molecular flexibility index (Phi) is 4.36. The van der Waals surface area contributed by atoms with Gasteiger partial charge in [0.15, 0.2) is 0 Å². The first-order valence-corrected chi connectivity index (χ1v) is 7.69. The Hall–Kier alpha value is -1.06. The van der Waals surface area contributed by atoms with Crippen molar-refractivity contribution in [2.75, 3.05) is 31.5 Å². The van der Waals surface area contributed by atoms with Crippen LogP contribution in [0, 0.1) is 0 Å². The largest absolute Gasteiger partial charge is 0.383 e. The SMILES string of the molecule is c1cc(NCC2CCCN2)ccc1CN1CCCC1. The highest BCUT2D eigenvalue weighted by Gasteiger charge is 2.13. The van der Waals surface area contributed by atoms with Crippen LogP contribution >= 0.6 is 0 Å². The molecular formula is C16H25N3. The number of likely N-dealkylation sites (tertiary alicyclic amines) is 1. The van der Waals surface area contributed by atoms with Crippen LogP contribution in [-0.2, 0) is 6.54 Å².